The van der Waals surface area contributed by atoms with Gasteiger partial charge in [0.05, 0.1) is 19.3 Å². The molecule has 0 aromatic rings. The second kappa shape index (κ2) is 7.47. The minimum atomic E-state index is -0.505. The Kier molecular flexibility index (Phi) is 5.36. The third-order valence-electron chi connectivity index (χ3n) is 8.21. The number of carbonyl (C=O) groups is 1. The molecule has 1 saturated carbocycles. The van der Waals surface area contributed by atoms with E-state index in [0.717, 1.165) is 58.5 Å². The summed E-state index contributed by atoms with van der Waals surface area (Å²) in [4.78, 5) is 15.6. The monoisotopic (exact) mass is 380 g/mol. The molecule has 6 heteroatoms. The van der Waals surface area contributed by atoms with E-state index in [1.165, 1.54) is 15.4 Å². The molecule has 0 aromatic heterocycles. The van der Waals surface area contributed by atoms with Crippen molar-refractivity contribution < 1.29 is 29.5 Å². The molecule has 152 valence electrons. The molecule has 4 aliphatic rings. The topological polar surface area (TPSA) is 75.6 Å². The van der Waals surface area contributed by atoms with Crippen LogP contribution >= 0.6 is 0 Å². The van der Waals surface area contributed by atoms with Crippen LogP contribution in [-0.4, -0.2) is 74.3 Å². The number of esters is 1. The SMILES string of the molecule is C[C@H]1CCC=C2C[C@H]3OC(=O)[C@H](C[NH+]4CC[NH+](CCO)CC4)[C@H]3[C@@H](O)[C@@]21C. The first kappa shape index (κ1) is 19.4. The number of hydrogen-bond donors (Lipinski definition) is 4. The summed E-state index contributed by atoms with van der Waals surface area (Å²) >= 11 is 0. The van der Waals surface area contributed by atoms with Crippen LogP contribution in [-0.2, 0) is 9.53 Å². The van der Waals surface area contributed by atoms with Crippen LogP contribution < -0.4 is 9.80 Å². The molecule has 0 spiro atoms. The van der Waals surface area contributed by atoms with Crippen LogP contribution in [0.25, 0.3) is 0 Å². The third kappa shape index (κ3) is 3.24. The van der Waals surface area contributed by atoms with Crippen LogP contribution in [0.2, 0.25) is 0 Å². The largest absolute Gasteiger partial charge is 0.461 e. The maximum atomic E-state index is 12.7. The highest BCUT2D eigenvalue weighted by Gasteiger charge is 2.60. The fourth-order valence-electron chi connectivity index (χ4n) is 6.18. The maximum Gasteiger partial charge on any atom is 0.315 e. The number of fused-ring (bicyclic) bond motifs is 2. The molecule has 0 aromatic carbocycles. The Labute approximate surface area is 162 Å². The lowest BCUT2D eigenvalue weighted by Crippen LogP contribution is -3.28. The van der Waals surface area contributed by atoms with Gasteiger partial charge < -0.3 is 24.7 Å². The number of aliphatic hydroxyl groups excluding tert-OH is 2. The zero-order valence-electron chi connectivity index (χ0n) is 16.7. The van der Waals surface area contributed by atoms with Gasteiger partial charge in [-0.1, -0.05) is 25.5 Å². The van der Waals surface area contributed by atoms with Crippen LogP contribution in [0.1, 0.15) is 33.1 Å². The Bertz CT molecular complexity index is 601. The lowest BCUT2D eigenvalue weighted by atomic mass is 9.55. The number of rotatable bonds is 4. The molecular weight excluding hydrogens is 344 g/mol. The predicted molar refractivity (Wildman–Crippen MR) is 100 cm³/mol. The molecule has 2 saturated heterocycles. The highest BCUT2D eigenvalue weighted by Crippen LogP contribution is 2.55. The van der Waals surface area contributed by atoms with E-state index < -0.39 is 6.10 Å². The molecule has 0 radical (unpaired) electrons. The minimum absolute atomic E-state index is 0.0736. The van der Waals surface area contributed by atoms with E-state index in [2.05, 4.69) is 19.9 Å². The Morgan fingerprint density at radius 1 is 1.26 bits per heavy atom. The van der Waals surface area contributed by atoms with Gasteiger partial charge in [-0.3, -0.25) is 4.79 Å². The average molecular weight is 381 g/mol. The van der Waals surface area contributed by atoms with Crippen molar-refractivity contribution in [3.63, 3.8) is 0 Å². The summed E-state index contributed by atoms with van der Waals surface area (Å²) in [6.45, 7) is 10.4. The fourth-order valence-corrected chi connectivity index (χ4v) is 6.18. The van der Waals surface area contributed by atoms with Crippen molar-refractivity contribution in [1.82, 2.24) is 0 Å². The summed E-state index contributed by atoms with van der Waals surface area (Å²) in [5.41, 5.74) is 1.09. The van der Waals surface area contributed by atoms with Gasteiger partial charge in [-0.15, -0.1) is 0 Å². The number of nitrogens with one attached hydrogen (secondary N) is 2. The Hall–Kier alpha value is -0.950. The molecule has 2 aliphatic carbocycles. The normalized spacial score (nSPS) is 47.0. The first-order valence-corrected chi connectivity index (χ1v) is 10.8. The van der Waals surface area contributed by atoms with Gasteiger partial charge in [-0.2, -0.15) is 0 Å². The number of hydrogen-bond acceptors (Lipinski definition) is 4. The molecule has 0 unspecified atom stereocenters. The second-order valence-corrected chi connectivity index (χ2v) is 9.48. The van der Waals surface area contributed by atoms with Gasteiger partial charge in [-0.05, 0) is 18.8 Å². The quantitative estimate of drug-likeness (QED) is 0.338. The van der Waals surface area contributed by atoms with E-state index >= 15 is 0 Å². The van der Waals surface area contributed by atoms with Crippen molar-refractivity contribution in [2.45, 2.75) is 45.3 Å². The summed E-state index contributed by atoms with van der Waals surface area (Å²) in [6, 6.07) is 0. The molecule has 0 bridgehead atoms. The minimum Gasteiger partial charge on any atom is -0.461 e. The van der Waals surface area contributed by atoms with Crippen molar-refractivity contribution in [2.75, 3.05) is 45.9 Å². The molecule has 3 fully saturated rings. The van der Waals surface area contributed by atoms with Crippen molar-refractivity contribution in [3.05, 3.63) is 11.6 Å². The van der Waals surface area contributed by atoms with Crippen molar-refractivity contribution in [1.29, 1.82) is 0 Å². The Morgan fingerprint density at radius 3 is 2.67 bits per heavy atom. The standard InChI is InChI=1S/C21H34N2O4/c1-14-4-3-5-15-12-17-18(19(25)21(14,15)2)16(20(26)27-17)13-23-8-6-22(7-9-23)10-11-24/h5,14,16-19,24-25H,3-4,6-13H2,1-2H3/p+2/t14-,16+,17+,18+,19+,21+/m0/s1. The second-order valence-electron chi connectivity index (χ2n) is 9.48. The van der Waals surface area contributed by atoms with E-state index in [0.29, 0.717) is 5.92 Å². The number of allylic oxidation sites excluding steroid dienone is 1. The highest BCUT2D eigenvalue weighted by atomic mass is 16.6. The molecule has 2 heterocycles. The summed E-state index contributed by atoms with van der Waals surface area (Å²) in [7, 11) is 0. The van der Waals surface area contributed by atoms with E-state index in [1.54, 1.807) is 0 Å². The van der Waals surface area contributed by atoms with E-state index in [-0.39, 0.29) is 35.9 Å². The average Bonchev–Trinajstić information content (AvgIpc) is 2.95. The van der Waals surface area contributed by atoms with Crippen LogP contribution in [0.15, 0.2) is 11.6 Å². The maximum absolute atomic E-state index is 12.7. The zero-order valence-corrected chi connectivity index (χ0v) is 16.7. The van der Waals surface area contributed by atoms with Crippen LogP contribution in [0, 0.1) is 23.2 Å². The van der Waals surface area contributed by atoms with Crippen LogP contribution in [0.5, 0.6) is 0 Å². The molecule has 6 atom stereocenters. The Morgan fingerprint density at radius 2 is 1.96 bits per heavy atom. The first-order valence-electron chi connectivity index (χ1n) is 10.8. The van der Waals surface area contributed by atoms with Crippen LogP contribution in [0.4, 0.5) is 0 Å². The summed E-state index contributed by atoms with van der Waals surface area (Å²) in [5, 5.41) is 20.5. The highest BCUT2D eigenvalue weighted by molar-refractivity contribution is 5.76. The predicted octanol–water partition coefficient (Wildman–Crippen LogP) is -1.95. The molecular formula is C21H36N2O4+2. The lowest BCUT2D eigenvalue weighted by Gasteiger charge is -2.51. The number of aliphatic hydroxyl groups is 2. The van der Waals surface area contributed by atoms with Crippen molar-refractivity contribution >= 4 is 5.97 Å². The number of carbonyl (C=O) groups excluding carboxylic acids is 1. The van der Waals surface area contributed by atoms with Gasteiger partial charge in [0.1, 0.15) is 44.7 Å². The Balaban J connectivity index is 1.48. The number of quaternary nitrogens is 2. The number of piperazine rings is 1. The van der Waals surface area contributed by atoms with E-state index in [9.17, 15) is 9.90 Å². The molecule has 6 nitrogen and oxygen atoms in total. The summed E-state index contributed by atoms with van der Waals surface area (Å²) < 4.78 is 5.79. The number of ether oxygens (including phenoxy) is 1. The van der Waals surface area contributed by atoms with Crippen molar-refractivity contribution in [3.8, 4) is 0 Å². The van der Waals surface area contributed by atoms with Crippen LogP contribution in [0.3, 0.4) is 0 Å². The van der Waals surface area contributed by atoms with Gasteiger partial charge in [0.25, 0.3) is 0 Å². The molecule has 2 aliphatic heterocycles. The first-order chi connectivity index (χ1) is 12.9. The zero-order chi connectivity index (χ0) is 19.2. The van der Waals surface area contributed by atoms with Gasteiger partial charge in [0, 0.05) is 17.8 Å². The lowest BCUT2D eigenvalue weighted by molar-refractivity contribution is -1.01. The van der Waals surface area contributed by atoms with Gasteiger partial charge in [0.2, 0.25) is 0 Å². The van der Waals surface area contributed by atoms with Gasteiger partial charge >= 0.3 is 5.97 Å². The summed E-state index contributed by atoms with van der Waals surface area (Å²) in [5.74, 6) is 0.0716. The van der Waals surface area contributed by atoms with E-state index in [1.807, 2.05) is 0 Å². The fraction of sp³-hybridized carbons (Fsp3) is 0.857. The summed E-state index contributed by atoms with van der Waals surface area (Å²) in [6.07, 6.45) is 4.61. The van der Waals surface area contributed by atoms with Gasteiger partial charge in [0.15, 0.2) is 0 Å². The molecule has 4 N–H and O–H groups in total. The smallest absolute Gasteiger partial charge is 0.315 e. The molecule has 27 heavy (non-hydrogen) atoms. The third-order valence-corrected chi connectivity index (χ3v) is 8.21. The van der Waals surface area contributed by atoms with Crippen molar-refractivity contribution in [2.24, 2.45) is 23.2 Å². The molecule has 4 rings (SSSR count). The van der Waals surface area contributed by atoms with Gasteiger partial charge in [-0.25, -0.2) is 0 Å². The molecule has 0 amide bonds. The van der Waals surface area contributed by atoms with E-state index in [4.69, 9.17) is 9.84 Å².